The monoisotopic (exact) mass is 177 g/mol. The molecule has 0 heterocycles. The molecule has 0 spiro atoms. The van der Waals surface area contributed by atoms with Gasteiger partial charge in [0.05, 0.1) is 0 Å². The molecule has 1 rings (SSSR count). The molecule has 0 radical (unpaired) electrons. The zero-order chi connectivity index (χ0) is 9.68. The van der Waals surface area contributed by atoms with E-state index in [9.17, 15) is 4.79 Å². The predicted octanol–water partition coefficient (Wildman–Crippen LogP) is 1.93. The van der Waals surface area contributed by atoms with E-state index in [1.807, 2.05) is 18.2 Å². The van der Waals surface area contributed by atoms with E-state index in [1.54, 1.807) is 0 Å². The fourth-order valence-corrected chi connectivity index (χ4v) is 1.20. The first-order valence-electron chi connectivity index (χ1n) is 4.49. The predicted molar refractivity (Wildman–Crippen MR) is 53.5 cm³/mol. The third-order valence-electron chi connectivity index (χ3n) is 2.03. The highest BCUT2D eigenvalue weighted by Gasteiger charge is 2.04. The van der Waals surface area contributed by atoms with Crippen LogP contribution in [0.1, 0.15) is 25.3 Å². The largest absolute Gasteiger partial charge is 0.356 e. The zero-order valence-corrected chi connectivity index (χ0v) is 8.08. The summed E-state index contributed by atoms with van der Waals surface area (Å²) >= 11 is 0. The van der Waals surface area contributed by atoms with Gasteiger partial charge in [-0.15, -0.1) is 0 Å². The molecule has 0 saturated carbocycles. The Morgan fingerprint density at radius 1 is 1.38 bits per heavy atom. The van der Waals surface area contributed by atoms with Crippen LogP contribution in [0.25, 0.3) is 0 Å². The fraction of sp³-hybridized carbons (Fsp3) is 0.364. The van der Waals surface area contributed by atoms with Crippen LogP contribution < -0.4 is 5.32 Å². The Balaban J connectivity index is 2.49. The van der Waals surface area contributed by atoms with E-state index in [1.165, 1.54) is 12.5 Å². The summed E-state index contributed by atoms with van der Waals surface area (Å²) < 4.78 is 0. The number of amides is 1. The first kappa shape index (κ1) is 9.78. The van der Waals surface area contributed by atoms with Crippen LogP contribution >= 0.6 is 0 Å². The number of rotatable bonds is 3. The minimum absolute atomic E-state index is 0.0304. The fourth-order valence-electron chi connectivity index (χ4n) is 1.20. The van der Waals surface area contributed by atoms with Gasteiger partial charge in [0.15, 0.2) is 0 Å². The average Bonchev–Trinajstić information content (AvgIpc) is 2.15. The second-order valence-corrected chi connectivity index (χ2v) is 3.25. The van der Waals surface area contributed by atoms with E-state index in [4.69, 9.17) is 0 Å². The number of hydrogen-bond acceptors (Lipinski definition) is 1. The summed E-state index contributed by atoms with van der Waals surface area (Å²) in [6.45, 7) is 4.35. The number of hydrogen-bond donors (Lipinski definition) is 1. The molecule has 0 bridgehead atoms. The van der Waals surface area contributed by atoms with Crippen LogP contribution in [0.5, 0.6) is 0 Å². The minimum Gasteiger partial charge on any atom is -0.356 e. The number of benzene rings is 1. The molecule has 13 heavy (non-hydrogen) atoms. The standard InChI is InChI=1S/C11H15NO/c1-9(8-12-10(2)13)11-6-4-3-5-7-11/h3-7,9H,8H2,1-2H3,(H,12,13)/t9-/m0/s1. The van der Waals surface area contributed by atoms with Crippen LogP contribution in [0.3, 0.4) is 0 Å². The molecule has 0 fully saturated rings. The number of nitrogens with one attached hydrogen (secondary N) is 1. The molecule has 1 aromatic carbocycles. The SMILES string of the molecule is CC(=O)NC[C@H](C)c1ccccc1. The Bertz CT molecular complexity index is 269. The Kier molecular flexibility index (Phi) is 3.50. The lowest BCUT2D eigenvalue weighted by atomic mass is 10.0. The van der Waals surface area contributed by atoms with Gasteiger partial charge in [-0.1, -0.05) is 37.3 Å². The highest BCUT2D eigenvalue weighted by atomic mass is 16.1. The maximum atomic E-state index is 10.7. The minimum atomic E-state index is 0.0304. The molecule has 1 atom stereocenters. The van der Waals surface area contributed by atoms with Crippen LogP contribution in [0.2, 0.25) is 0 Å². The van der Waals surface area contributed by atoms with Gasteiger partial charge in [-0.05, 0) is 11.5 Å². The van der Waals surface area contributed by atoms with Crippen LogP contribution in [0.15, 0.2) is 30.3 Å². The smallest absolute Gasteiger partial charge is 0.216 e. The molecule has 0 saturated heterocycles. The molecule has 2 nitrogen and oxygen atoms in total. The molecule has 0 aromatic heterocycles. The van der Waals surface area contributed by atoms with Gasteiger partial charge < -0.3 is 5.32 Å². The maximum absolute atomic E-state index is 10.7. The molecule has 0 aliphatic carbocycles. The van der Waals surface area contributed by atoms with Crippen molar-refractivity contribution in [1.29, 1.82) is 0 Å². The van der Waals surface area contributed by atoms with E-state index >= 15 is 0 Å². The zero-order valence-electron chi connectivity index (χ0n) is 8.08. The van der Waals surface area contributed by atoms with Gasteiger partial charge in [0, 0.05) is 13.5 Å². The van der Waals surface area contributed by atoms with Crippen molar-refractivity contribution in [2.75, 3.05) is 6.54 Å². The Hall–Kier alpha value is -1.31. The second kappa shape index (κ2) is 4.65. The van der Waals surface area contributed by atoms with Gasteiger partial charge >= 0.3 is 0 Å². The summed E-state index contributed by atoms with van der Waals surface area (Å²) in [6.07, 6.45) is 0. The highest BCUT2D eigenvalue weighted by molar-refractivity contribution is 5.72. The molecule has 1 N–H and O–H groups in total. The van der Waals surface area contributed by atoms with E-state index in [0.29, 0.717) is 12.5 Å². The second-order valence-electron chi connectivity index (χ2n) is 3.25. The number of carbonyl (C=O) groups excluding carboxylic acids is 1. The molecule has 70 valence electrons. The van der Waals surface area contributed by atoms with E-state index in [-0.39, 0.29) is 5.91 Å². The Labute approximate surface area is 79.0 Å². The molecule has 0 aliphatic heterocycles. The van der Waals surface area contributed by atoms with Gasteiger partial charge in [0.1, 0.15) is 0 Å². The summed E-state index contributed by atoms with van der Waals surface area (Å²) in [5.74, 6) is 0.410. The lowest BCUT2D eigenvalue weighted by Crippen LogP contribution is -2.24. The third kappa shape index (κ3) is 3.28. The van der Waals surface area contributed by atoms with Gasteiger partial charge in [-0.25, -0.2) is 0 Å². The summed E-state index contributed by atoms with van der Waals surface area (Å²) in [5.41, 5.74) is 1.26. The lowest BCUT2D eigenvalue weighted by Gasteiger charge is -2.11. The molecule has 1 aromatic rings. The van der Waals surface area contributed by atoms with Crippen molar-refractivity contribution in [3.63, 3.8) is 0 Å². The Morgan fingerprint density at radius 2 is 2.00 bits per heavy atom. The van der Waals surface area contributed by atoms with Gasteiger partial charge in [-0.2, -0.15) is 0 Å². The van der Waals surface area contributed by atoms with Crippen LogP contribution in [0.4, 0.5) is 0 Å². The quantitative estimate of drug-likeness (QED) is 0.751. The molecule has 0 unspecified atom stereocenters. The molecule has 1 amide bonds. The Morgan fingerprint density at radius 3 is 2.54 bits per heavy atom. The molecular formula is C11H15NO. The lowest BCUT2D eigenvalue weighted by molar-refractivity contribution is -0.119. The molecular weight excluding hydrogens is 162 g/mol. The van der Waals surface area contributed by atoms with Crippen molar-refractivity contribution in [2.45, 2.75) is 19.8 Å². The summed E-state index contributed by atoms with van der Waals surface area (Å²) in [5, 5.41) is 2.80. The van der Waals surface area contributed by atoms with Crippen LogP contribution in [-0.2, 0) is 4.79 Å². The van der Waals surface area contributed by atoms with Crippen molar-refractivity contribution in [3.8, 4) is 0 Å². The van der Waals surface area contributed by atoms with E-state index < -0.39 is 0 Å². The van der Waals surface area contributed by atoms with Crippen molar-refractivity contribution in [2.24, 2.45) is 0 Å². The average molecular weight is 177 g/mol. The van der Waals surface area contributed by atoms with Crippen molar-refractivity contribution < 1.29 is 4.79 Å². The number of carbonyl (C=O) groups is 1. The third-order valence-corrected chi connectivity index (χ3v) is 2.03. The first-order chi connectivity index (χ1) is 6.20. The van der Waals surface area contributed by atoms with Crippen LogP contribution in [-0.4, -0.2) is 12.5 Å². The van der Waals surface area contributed by atoms with Crippen molar-refractivity contribution >= 4 is 5.91 Å². The van der Waals surface area contributed by atoms with Crippen molar-refractivity contribution in [1.82, 2.24) is 5.32 Å². The molecule has 2 heteroatoms. The van der Waals surface area contributed by atoms with Crippen LogP contribution in [0, 0.1) is 0 Å². The van der Waals surface area contributed by atoms with E-state index in [2.05, 4.69) is 24.4 Å². The topological polar surface area (TPSA) is 29.1 Å². The van der Waals surface area contributed by atoms with Gasteiger partial charge in [0.25, 0.3) is 0 Å². The summed E-state index contributed by atoms with van der Waals surface area (Å²) in [4.78, 5) is 10.7. The molecule has 0 aliphatic rings. The summed E-state index contributed by atoms with van der Waals surface area (Å²) in [7, 11) is 0. The summed E-state index contributed by atoms with van der Waals surface area (Å²) in [6, 6.07) is 10.2. The van der Waals surface area contributed by atoms with Gasteiger partial charge in [0.2, 0.25) is 5.91 Å². The highest BCUT2D eigenvalue weighted by Crippen LogP contribution is 2.12. The van der Waals surface area contributed by atoms with Crippen molar-refractivity contribution in [3.05, 3.63) is 35.9 Å². The normalized spacial score (nSPS) is 12.2. The van der Waals surface area contributed by atoms with E-state index in [0.717, 1.165) is 0 Å². The first-order valence-corrected chi connectivity index (χ1v) is 4.49. The van der Waals surface area contributed by atoms with Gasteiger partial charge in [-0.3, -0.25) is 4.79 Å². The maximum Gasteiger partial charge on any atom is 0.216 e.